The molecule has 0 nitrogen and oxygen atoms in total. The molecule has 0 atom stereocenters. The molecule has 4 heteroatoms. The third-order valence-corrected chi connectivity index (χ3v) is 13.5. The van der Waals surface area contributed by atoms with E-state index in [2.05, 4.69) is 77.8 Å². The van der Waals surface area contributed by atoms with Crippen molar-refractivity contribution in [1.82, 2.24) is 0 Å². The molecule has 0 saturated heterocycles. The van der Waals surface area contributed by atoms with E-state index < -0.39 is 16.1 Å². The first-order valence-corrected chi connectivity index (χ1v) is 19.7. The first-order valence-electron chi connectivity index (χ1n) is 10.9. The summed E-state index contributed by atoms with van der Waals surface area (Å²) in [6.45, 7) is 15.1. The molecule has 0 aromatic heterocycles. The Hall–Kier alpha value is 1.38. The summed E-state index contributed by atoms with van der Waals surface area (Å²) in [5.41, 5.74) is 4.43. The van der Waals surface area contributed by atoms with Gasteiger partial charge in [-0.1, -0.05) is 58.5 Å². The van der Waals surface area contributed by atoms with Crippen molar-refractivity contribution in [2.45, 2.75) is 77.0 Å². The van der Waals surface area contributed by atoms with Crippen molar-refractivity contribution in [2.24, 2.45) is 0 Å². The summed E-state index contributed by atoms with van der Waals surface area (Å²) < 4.78 is 0. The van der Waals surface area contributed by atoms with Gasteiger partial charge < -0.3 is 0 Å². The molecule has 0 aliphatic heterocycles. The molecule has 10 radical (unpaired) electrons. The maximum absolute atomic E-state index is 2.51. The van der Waals surface area contributed by atoms with E-state index in [4.69, 9.17) is 0 Å². The summed E-state index contributed by atoms with van der Waals surface area (Å²) >= 11 is 0. The van der Waals surface area contributed by atoms with Crippen molar-refractivity contribution in [2.75, 3.05) is 12.3 Å². The Bertz CT molecular complexity index is 430. The van der Waals surface area contributed by atoms with Crippen LogP contribution in [0.25, 0.3) is 0 Å². The van der Waals surface area contributed by atoms with Crippen molar-refractivity contribution < 1.29 is 17.1 Å². The van der Waals surface area contributed by atoms with Gasteiger partial charge in [0.1, 0.15) is 0 Å². The molecule has 3 aliphatic carbocycles. The van der Waals surface area contributed by atoms with Crippen LogP contribution in [0.3, 0.4) is 0 Å². The second-order valence-electron chi connectivity index (χ2n) is 10.6. The van der Waals surface area contributed by atoms with Crippen molar-refractivity contribution in [3.05, 3.63) is 61.4 Å². The fourth-order valence-corrected chi connectivity index (χ4v) is 11.8. The summed E-state index contributed by atoms with van der Waals surface area (Å²) in [6.07, 6.45) is 24.5. The first kappa shape index (κ1) is 25.6. The molecule has 0 spiro atoms. The standard InChI is InChI=1S/C24H39PSi2.Fe/c1-26(2,3)23-16-10-12-20(23)18-25(22-14-8-7-9-15-22)19-21-13-11-17-24(21)27(4,5)6;/h10-13,16-17,22H,7-9,14-15,18-19H2,1-6H3;/q;+2. The topological polar surface area (TPSA) is 0 Å². The molecule has 28 heavy (non-hydrogen) atoms. The molecule has 3 aliphatic rings. The van der Waals surface area contributed by atoms with Gasteiger partial charge in [0, 0.05) is 0 Å². The van der Waals surface area contributed by atoms with Crippen LogP contribution in [-0.2, 0) is 17.1 Å². The van der Waals surface area contributed by atoms with Crippen LogP contribution in [-0.4, -0.2) is 34.1 Å². The van der Waals surface area contributed by atoms with Gasteiger partial charge in [0.05, 0.1) is 16.1 Å². The zero-order chi connectivity index (χ0) is 19.7. The Kier molecular flexibility index (Phi) is 9.89. The Morgan fingerprint density at radius 2 is 1.14 bits per heavy atom. The van der Waals surface area contributed by atoms with E-state index in [1.165, 1.54) is 44.4 Å². The van der Waals surface area contributed by atoms with Crippen molar-refractivity contribution in [3.8, 4) is 0 Å². The van der Waals surface area contributed by atoms with E-state index in [1.807, 2.05) is 0 Å². The number of hydrogen-bond donors (Lipinski definition) is 0. The van der Waals surface area contributed by atoms with Crippen LogP contribution in [0.4, 0.5) is 0 Å². The number of hydrogen-bond acceptors (Lipinski definition) is 0. The fourth-order valence-electron chi connectivity index (χ4n) is 4.85. The molecular formula is C24H39FePSi2+2. The average molecular weight is 471 g/mol. The van der Waals surface area contributed by atoms with E-state index >= 15 is 0 Å². The van der Waals surface area contributed by atoms with Crippen molar-refractivity contribution in [3.63, 3.8) is 0 Å². The van der Waals surface area contributed by atoms with Gasteiger partial charge in [0.2, 0.25) is 0 Å². The van der Waals surface area contributed by atoms with E-state index in [1.54, 1.807) is 22.9 Å². The summed E-state index contributed by atoms with van der Waals surface area (Å²) in [6, 6.07) is 0. The molecule has 3 fully saturated rings. The minimum absolute atomic E-state index is 0. The zero-order valence-corrected chi connectivity index (χ0v) is 22.8. The van der Waals surface area contributed by atoms with Crippen molar-refractivity contribution in [1.29, 1.82) is 0 Å². The monoisotopic (exact) mass is 470 g/mol. The molecule has 154 valence electrons. The normalized spacial score (nSPS) is 25.0. The largest absolute Gasteiger partial charge is 2.00 e. The molecule has 0 heterocycles. The van der Waals surface area contributed by atoms with Crippen LogP contribution >= 0.6 is 7.92 Å². The predicted octanol–water partition coefficient (Wildman–Crippen LogP) is 7.10. The maximum atomic E-state index is 2.51. The minimum atomic E-state index is -1.24. The van der Waals surface area contributed by atoms with Gasteiger partial charge in [0.15, 0.2) is 0 Å². The second kappa shape index (κ2) is 10.8. The summed E-state index contributed by atoms with van der Waals surface area (Å²) in [4.78, 5) is 0. The van der Waals surface area contributed by atoms with Crippen molar-refractivity contribution >= 4 is 24.1 Å². The number of rotatable bonds is 7. The van der Waals surface area contributed by atoms with Gasteiger partial charge in [-0.3, -0.25) is 0 Å². The Labute approximate surface area is 191 Å². The Balaban J connectivity index is 0.00000280. The van der Waals surface area contributed by atoms with E-state index in [9.17, 15) is 0 Å². The van der Waals surface area contributed by atoms with Gasteiger partial charge >= 0.3 is 17.1 Å². The second-order valence-corrected chi connectivity index (χ2v) is 23.2. The van der Waals surface area contributed by atoms with Gasteiger partial charge in [0.25, 0.3) is 0 Å². The van der Waals surface area contributed by atoms with Crippen LogP contribution in [0.2, 0.25) is 39.3 Å². The molecular weight excluding hydrogens is 431 g/mol. The molecule has 3 saturated carbocycles. The Morgan fingerprint density at radius 3 is 1.54 bits per heavy atom. The maximum Gasteiger partial charge on any atom is 2.00 e. The molecule has 0 N–H and O–H groups in total. The quantitative estimate of drug-likeness (QED) is 0.275. The van der Waals surface area contributed by atoms with Gasteiger partial charge in [-0.05, 0) is 92.3 Å². The molecule has 3 rings (SSSR count). The first-order chi connectivity index (χ1) is 12.7. The smallest absolute Gasteiger partial charge is 0.102 e. The molecule has 0 aromatic rings. The van der Waals surface area contributed by atoms with E-state index in [0.717, 1.165) is 5.66 Å². The zero-order valence-electron chi connectivity index (χ0n) is 18.8. The van der Waals surface area contributed by atoms with Crippen LogP contribution in [0, 0.1) is 61.4 Å². The SMILES string of the molecule is C[Si](C)(C)[C]1[CH][CH][CH][C]1CP(C[C]1[CH][CH][CH][C]1[Si](C)(C)C)C1CCCCC1.[Fe+2]. The van der Waals surface area contributed by atoms with E-state index in [0.29, 0.717) is 0 Å². The predicted molar refractivity (Wildman–Crippen MR) is 129 cm³/mol. The van der Waals surface area contributed by atoms with E-state index in [-0.39, 0.29) is 25.0 Å². The third-order valence-electron chi connectivity index (χ3n) is 6.27. The average Bonchev–Trinajstić information content (AvgIpc) is 3.23. The van der Waals surface area contributed by atoms with Gasteiger partial charge in [-0.15, -0.1) is 7.92 Å². The van der Waals surface area contributed by atoms with Crippen LogP contribution in [0.5, 0.6) is 0 Å². The molecule has 0 bridgehead atoms. The van der Waals surface area contributed by atoms with Crippen LogP contribution < -0.4 is 0 Å². The molecule has 0 amide bonds. The third kappa shape index (κ3) is 6.69. The van der Waals surface area contributed by atoms with Crippen LogP contribution in [0.1, 0.15) is 32.1 Å². The van der Waals surface area contributed by atoms with Crippen LogP contribution in [0.15, 0.2) is 0 Å². The minimum Gasteiger partial charge on any atom is -0.102 e. The summed E-state index contributed by atoms with van der Waals surface area (Å²) in [7, 11) is -2.45. The summed E-state index contributed by atoms with van der Waals surface area (Å²) in [5.74, 6) is 3.40. The summed E-state index contributed by atoms with van der Waals surface area (Å²) in [5, 5.41) is 0. The fraction of sp³-hybridized carbons (Fsp3) is 0.583. The Morgan fingerprint density at radius 1 is 0.714 bits per heavy atom. The van der Waals surface area contributed by atoms with Gasteiger partial charge in [-0.25, -0.2) is 0 Å². The molecule has 0 aromatic carbocycles. The molecule has 0 unspecified atom stereocenters. The van der Waals surface area contributed by atoms with Gasteiger partial charge in [-0.2, -0.15) is 0 Å².